The third-order valence-corrected chi connectivity index (χ3v) is 4.79. The number of aryl methyl sites for hydroxylation is 2. The minimum absolute atomic E-state index is 0.0218. The van der Waals surface area contributed by atoms with Gasteiger partial charge in [0.05, 0.1) is 10.6 Å². The van der Waals surface area contributed by atoms with Crippen molar-refractivity contribution in [3.8, 4) is 10.6 Å². The number of aromatic nitrogens is 1. The van der Waals surface area contributed by atoms with E-state index in [0.29, 0.717) is 11.3 Å². The van der Waals surface area contributed by atoms with Gasteiger partial charge in [-0.1, -0.05) is 42.0 Å². The Morgan fingerprint density at radius 2 is 1.92 bits per heavy atom. The van der Waals surface area contributed by atoms with Gasteiger partial charge in [-0.15, -0.1) is 11.3 Å². The summed E-state index contributed by atoms with van der Waals surface area (Å²) < 4.78 is 5.25. The number of ether oxygens (including phenoxy) is 1. The summed E-state index contributed by atoms with van der Waals surface area (Å²) in [6.45, 7) is 3.62. The van der Waals surface area contributed by atoms with Crippen LogP contribution in [0, 0.1) is 24.0 Å². The van der Waals surface area contributed by atoms with E-state index < -0.39 is 10.9 Å². The Balaban J connectivity index is 1.73. The Hall–Kier alpha value is -3.06. The van der Waals surface area contributed by atoms with Crippen LogP contribution in [-0.2, 0) is 11.3 Å². The molecule has 0 aliphatic carbocycles. The van der Waals surface area contributed by atoms with Crippen molar-refractivity contribution in [2.24, 2.45) is 0 Å². The number of benzene rings is 2. The van der Waals surface area contributed by atoms with Gasteiger partial charge in [-0.3, -0.25) is 10.1 Å². The van der Waals surface area contributed by atoms with E-state index >= 15 is 0 Å². The Morgan fingerprint density at radius 1 is 1.19 bits per heavy atom. The van der Waals surface area contributed by atoms with E-state index in [2.05, 4.69) is 4.98 Å². The first-order chi connectivity index (χ1) is 12.5. The van der Waals surface area contributed by atoms with Crippen LogP contribution in [0.5, 0.6) is 0 Å². The number of rotatable bonds is 5. The number of hydrogen-bond donors (Lipinski definition) is 0. The van der Waals surface area contributed by atoms with Crippen molar-refractivity contribution in [1.82, 2.24) is 4.98 Å². The zero-order valence-electron chi connectivity index (χ0n) is 14.3. The third-order valence-electron chi connectivity index (χ3n) is 3.85. The Morgan fingerprint density at radius 3 is 2.62 bits per heavy atom. The molecule has 7 heteroatoms. The lowest BCUT2D eigenvalue weighted by molar-refractivity contribution is -0.385. The van der Waals surface area contributed by atoms with Crippen LogP contribution in [0.25, 0.3) is 10.6 Å². The lowest BCUT2D eigenvalue weighted by Crippen LogP contribution is -2.10. The molecule has 0 aliphatic rings. The predicted molar refractivity (Wildman–Crippen MR) is 99.2 cm³/mol. The number of carbonyl (C=O) groups is 1. The van der Waals surface area contributed by atoms with Crippen LogP contribution >= 0.6 is 11.3 Å². The van der Waals surface area contributed by atoms with Gasteiger partial charge < -0.3 is 4.74 Å². The molecule has 26 heavy (non-hydrogen) atoms. The Labute approximate surface area is 154 Å². The van der Waals surface area contributed by atoms with Gasteiger partial charge in [0.15, 0.2) is 0 Å². The number of nitro benzene ring substituents is 1. The first-order valence-electron chi connectivity index (χ1n) is 7.88. The van der Waals surface area contributed by atoms with E-state index in [0.717, 1.165) is 10.6 Å². The molecule has 0 saturated carbocycles. The minimum Gasteiger partial charge on any atom is -0.455 e. The Bertz CT molecular complexity index is 964. The average Bonchev–Trinajstić information content (AvgIpc) is 3.09. The van der Waals surface area contributed by atoms with Crippen molar-refractivity contribution >= 4 is 23.0 Å². The fourth-order valence-corrected chi connectivity index (χ4v) is 3.29. The number of nitro groups is 1. The van der Waals surface area contributed by atoms with E-state index in [1.54, 1.807) is 19.1 Å². The van der Waals surface area contributed by atoms with Crippen molar-refractivity contribution in [2.75, 3.05) is 0 Å². The molecule has 1 heterocycles. The maximum absolute atomic E-state index is 12.3. The summed E-state index contributed by atoms with van der Waals surface area (Å²) in [5.41, 5.74) is 2.99. The summed E-state index contributed by atoms with van der Waals surface area (Å²) in [6.07, 6.45) is 0. The van der Waals surface area contributed by atoms with Crippen LogP contribution in [0.1, 0.15) is 27.2 Å². The topological polar surface area (TPSA) is 82.3 Å². The number of hydrogen-bond acceptors (Lipinski definition) is 6. The highest BCUT2D eigenvalue weighted by atomic mass is 32.1. The number of nitrogens with zero attached hydrogens (tertiary/aromatic N) is 2. The third kappa shape index (κ3) is 3.78. The fourth-order valence-electron chi connectivity index (χ4n) is 2.48. The van der Waals surface area contributed by atoms with Gasteiger partial charge in [-0.2, -0.15) is 0 Å². The minimum atomic E-state index is -0.723. The molecule has 0 spiro atoms. The second-order valence-corrected chi connectivity index (χ2v) is 6.67. The molecule has 3 rings (SSSR count). The predicted octanol–water partition coefficient (Wildman–Crippen LogP) is 4.69. The van der Waals surface area contributed by atoms with Gasteiger partial charge in [-0.05, 0) is 19.4 Å². The number of carbonyl (C=O) groups excluding carboxylic acids is 1. The van der Waals surface area contributed by atoms with Gasteiger partial charge in [0, 0.05) is 17.0 Å². The smallest absolute Gasteiger partial charge is 0.345 e. The lowest BCUT2D eigenvalue weighted by atomic mass is 10.1. The maximum Gasteiger partial charge on any atom is 0.345 e. The van der Waals surface area contributed by atoms with Gasteiger partial charge in [0.2, 0.25) is 0 Å². The molecule has 6 nitrogen and oxygen atoms in total. The molecule has 3 aromatic rings. The molecule has 0 atom stereocenters. The second-order valence-electron chi connectivity index (χ2n) is 5.81. The standard InChI is InChI=1S/C19H16N2O4S/c1-12-6-8-14(9-7-12)18-20-15(11-26-18)10-25-19(22)17-13(2)4-3-5-16(17)21(23)24/h3-9,11H,10H2,1-2H3. The van der Waals surface area contributed by atoms with Gasteiger partial charge in [0.25, 0.3) is 5.69 Å². The van der Waals surface area contributed by atoms with Crippen LogP contribution in [0.3, 0.4) is 0 Å². The highest BCUT2D eigenvalue weighted by Crippen LogP contribution is 2.26. The van der Waals surface area contributed by atoms with Crippen LogP contribution in [0.15, 0.2) is 47.8 Å². The van der Waals surface area contributed by atoms with E-state index in [4.69, 9.17) is 4.74 Å². The molecule has 0 bridgehead atoms. The molecule has 1 aromatic heterocycles. The largest absolute Gasteiger partial charge is 0.455 e. The van der Waals surface area contributed by atoms with Crippen molar-refractivity contribution < 1.29 is 14.5 Å². The van der Waals surface area contributed by atoms with Crippen LogP contribution < -0.4 is 0 Å². The first-order valence-corrected chi connectivity index (χ1v) is 8.76. The molecule has 2 aromatic carbocycles. The highest BCUT2D eigenvalue weighted by Gasteiger charge is 2.23. The first kappa shape index (κ1) is 17.8. The summed E-state index contributed by atoms with van der Waals surface area (Å²) in [6, 6.07) is 12.5. The Kier molecular flexibility index (Phi) is 5.09. The van der Waals surface area contributed by atoms with Crippen molar-refractivity contribution in [2.45, 2.75) is 20.5 Å². The fraction of sp³-hybridized carbons (Fsp3) is 0.158. The average molecular weight is 368 g/mol. The summed E-state index contributed by atoms with van der Waals surface area (Å²) in [5, 5.41) is 13.8. The molecule has 0 unspecified atom stereocenters. The van der Waals surface area contributed by atoms with Gasteiger partial charge in [-0.25, -0.2) is 9.78 Å². The van der Waals surface area contributed by atoms with Gasteiger partial charge in [0.1, 0.15) is 17.2 Å². The van der Waals surface area contributed by atoms with Crippen molar-refractivity contribution in [3.63, 3.8) is 0 Å². The van der Waals surface area contributed by atoms with Gasteiger partial charge >= 0.3 is 5.97 Å². The lowest BCUT2D eigenvalue weighted by Gasteiger charge is -2.06. The number of esters is 1. The van der Waals surface area contributed by atoms with Crippen LogP contribution in [0.4, 0.5) is 5.69 Å². The molecular formula is C19H16N2O4S. The van der Waals surface area contributed by atoms with Crippen LogP contribution in [-0.4, -0.2) is 15.9 Å². The molecule has 132 valence electrons. The van der Waals surface area contributed by atoms with E-state index in [9.17, 15) is 14.9 Å². The monoisotopic (exact) mass is 368 g/mol. The summed E-state index contributed by atoms with van der Waals surface area (Å²) in [7, 11) is 0. The molecule has 0 N–H and O–H groups in total. The maximum atomic E-state index is 12.3. The van der Waals surface area contributed by atoms with Crippen molar-refractivity contribution in [1.29, 1.82) is 0 Å². The molecule has 0 radical (unpaired) electrons. The van der Waals surface area contributed by atoms with Crippen LogP contribution in [0.2, 0.25) is 0 Å². The molecule has 0 fully saturated rings. The molecule has 0 aliphatic heterocycles. The van der Waals surface area contributed by atoms with E-state index in [1.807, 2.05) is 36.6 Å². The second kappa shape index (κ2) is 7.45. The number of thiazole rings is 1. The van der Waals surface area contributed by atoms with Crippen molar-refractivity contribution in [3.05, 3.63) is 80.3 Å². The molecule has 0 saturated heterocycles. The summed E-state index contributed by atoms with van der Waals surface area (Å²) in [5.74, 6) is -0.723. The van der Waals surface area contributed by atoms with E-state index in [1.165, 1.54) is 23.0 Å². The summed E-state index contributed by atoms with van der Waals surface area (Å²) >= 11 is 1.46. The zero-order valence-corrected chi connectivity index (χ0v) is 15.1. The summed E-state index contributed by atoms with van der Waals surface area (Å²) in [4.78, 5) is 27.3. The normalized spacial score (nSPS) is 10.5. The quantitative estimate of drug-likeness (QED) is 0.371. The highest BCUT2D eigenvalue weighted by molar-refractivity contribution is 7.13. The molecule has 0 amide bonds. The zero-order chi connectivity index (χ0) is 18.7. The SMILES string of the molecule is Cc1ccc(-c2nc(COC(=O)c3c(C)cccc3[N+](=O)[O-])cs2)cc1. The molecular weight excluding hydrogens is 352 g/mol. The van der Waals surface area contributed by atoms with E-state index in [-0.39, 0.29) is 17.9 Å².